The Morgan fingerprint density at radius 1 is 0.783 bits per heavy atom. The lowest BCUT2D eigenvalue weighted by atomic mass is 10.1. The van der Waals surface area contributed by atoms with Crippen LogP contribution in [0.4, 0.5) is 0 Å². The van der Waals surface area contributed by atoms with Crippen molar-refractivity contribution in [3.63, 3.8) is 0 Å². The predicted molar refractivity (Wildman–Crippen MR) is 94.3 cm³/mol. The maximum absolute atomic E-state index is 5.19. The molecule has 0 bridgehead atoms. The molecule has 1 atom stereocenters. The highest BCUT2D eigenvalue weighted by Gasteiger charge is 2.06. The van der Waals surface area contributed by atoms with Gasteiger partial charge in [-0.3, -0.25) is 0 Å². The van der Waals surface area contributed by atoms with Crippen LogP contribution in [0.5, 0.6) is 11.5 Å². The average molecular weight is 314 g/mol. The molecule has 0 saturated carbocycles. The molecule has 0 unspecified atom stereocenters. The summed E-state index contributed by atoms with van der Waals surface area (Å²) >= 11 is 0. The van der Waals surface area contributed by atoms with E-state index in [-0.39, 0.29) is 0 Å². The largest absolute Gasteiger partial charge is 0.497 e. The molecule has 2 rings (SSSR count). The van der Waals surface area contributed by atoms with Crippen LogP contribution in [0.1, 0.15) is 24.5 Å². The normalized spacial score (nSPS) is 12.0. The van der Waals surface area contributed by atoms with Gasteiger partial charge < -0.3 is 14.8 Å². The molecule has 23 heavy (non-hydrogen) atoms. The van der Waals surface area contributed by atoms with Gasteiger partial charge in [0.2, 0.25) is 0 Å². The molecule has 0 saturated heterocycles. The molecule has 0 amide bonds. The minimum atomic E-state index is 0.635. The van der Waals surface area contributed by atoms with Crippen molar-refractivity contribution in [2.24, 2.45) is 0 Å². The lowest BCUT2D eigenvalue weighted by molar-refractivity contribution is -0.686. The van der Waals surface area contributed by atoms with Crippen molar-refractivity contribution in [2.75, 3.05) is 20.8 Å². The molecule has 2 aromatic carbocycles. The van der Waals surface area contributed by atoms with Gasteiger partial charge in [0.05, 0.1) is 26.8 Å². The molecule has 0 heterocycles. The SMILES string of the molecule is COc1ccc(CC[NH2+][C@H](C)CCc2ccc(OC)cc2)cc1. The van der Waals surface area contributed by atoms with E-state index in [0.29, 0.717) is 6.04 Å². The molecule has 0 radical (unpaired) electrons. The van der Waals surface area contributed by atoms with E-state index in [0.717, 1.165) is 30.9 Å². The summed E-state index contributed by atoms with van der Waals surface area (Å²) in [6, 6.07) is 17.4. The van der Waals surface area contributed by atoms with Crippen LogP contribution in [-0.2, 0) is 12.8 Å². The van der Waals surface area contributed by atoms with E-state index in [1.807, 2.05) is 24.3 Å². The third-order valence-electron chi connectivity index (χ3n) is 4.21. The first-order chi connectivity index (χ1) is 11.2. The Bertz CT molecular complexity index is 563. The summed E-state index contributed by atoms with van der Waals surface area (Å²) in [7, 11) is 3.40. The van der Waals surface area contributed by atoms with Crippen LogP contribution >= 0.6 is 0 Å². The zero-order valence-corrected chi connectivity index (χ0v) is 14.4. The molecule has 124 valence electrons. The second kappa shape index (κ2) is 9.21. The van der Waals surface area contributed by atoms with Crippen LogP contribution in [0.3, 0.4) is 0 Å². The van der Waals surface area contributed by atoms with Crippen LogP contribution in [0.15, 0.2) is 48.5 Å². The van der Waals surface area contributed by atoms with Gasteiger partial charge >= 0.3 is 0 Å². The summed E-state index contributed by atoms with van der Waals surface area (Å²) in [5, 5.41) is 2.44. The number of rotatable bonds is 9. The monoisotopic (exact) mass is 314 g/mol. The summed E-state index contributed by atoms with van der Waals surface area (Å²) < 4.78 is 10.4. The van der Waals surface area contributed by atoms with Crippen LogP contribution < -0.4 is 14.8 Å². The Morgan fingerprint density at radius 3 is 1.74 bits per heavy atom. The topological polar surface area (TPSA) is 35.1 Å². The predicted octanol–water partition coefficient (Wildman–Crippen LogP) is 2.83. The van der Waals surface area contributed by atoms with Crippen molar-refractivity contribution in [1.82, 2.24) is 0 Å². The first-order valence-electron chi connectivity index (χ1n) is 8.30. The first kappa shape index (κ1) is 17.4. The van der Waals surface area contributed by atoms with Crippen molar-refractivity contribution >= 4 is 0 Å². The van der Waals surface area contributed by atoms with E-state index in [2.05, 4.69) is 36.5 Å². The van der Waals surface area contributed by atoms with Gasteiger partial charge in [0.1, 0.15) is 11.5 Å². The third-order valence-corrected chi connectivity index (χ3v) is 4.21. The van der Waals surface area contributed by atoms with Crippen molar-refractivity contribution in [2.45, 2.75) is 32.2 Å². The number of hydrogen-bond donors (Lipinski definition) is 1. The molecule has 0 fully saturated rings. The van der Waals surface area contributed by atoms with Crippen LogP contribution in [0.25, 0.3) is 0 Å². The van der Waals surface area contributed by atoms with Crippen molar-refractivity contribution in [3.8, 4) is 11.5 Å². The van der Waals surface area contributed by atoms with Gasteiger partial charge in [-0.1, -0.05) is 24.3 Å². The standard InChI is InChI=1S/C20H27NO2/c1-16(4-5-17-6-10-19(22-2)11-7-17)21-15-14-18-8-12-20(23-3)13-9-18/h6-13,16,21H,4-5,14-15H2,1-3H3/p+1/t16-/m1/s1. The summed E-state index contributed by atoms with van der Waals surface area (Å²) in [6.45, 7) is 3.42. The van der Waals surface area contributed by atoms with Gasteiger partial charge in [-0.05, 0) is 48.7 Å². The van der Waals surface area contributed by atoms with Gasteiger partial charge in [-0.15, -0.1) is 0 Å². The Labute approximate surface area is 139 Å². The molecule has 0 aliphatic rings. The highest BCUT2D eigenvalue weighted by atomic mass is 16.5. The summed E-state index contributed by atoms with van der Waals surface area (Å²) in [5.41, 5.74) is 2.74. The Kier molecular flexibility index (Phi) is 6.95. The summed E-state index contributed by atoms with van der Waals surface area (Å²) in [4.78, 5) is 0. The molecule has 2 N–H and O–H groups in total. The van der Waals surface area contributed by atoms with E-state index in [9.17, 15) is 0 Å². The zero-order chi connectivity index (χ0) is 16.5. The van der Waals surface area contributed by atoms with E-state index in [1.165, 1.54) is 17.5 Å². The maximum atomic E-state index is 5.19. The Balaban J connectivity index is 1.66. The minimum Gasteiger partial charge on any atom is -0.497 e. The smallest absolute Gasteiger partial charge is 0.118 e. The van der Waals surface area contributed by atoms with Gasteiger partial charge in [0, 0.05) is 12.8 Å². The molecule has 0 aliphatic heterocycles. The number of methoxy groups -OCH3 is 2. The fourth-order valence-corrected chi connectivity index (χ4v) is 2.63. The van der Waals surface area contributed by atoms with Gasteiger partial charge in [-0.25, -0.2) is 0 Å². The fourth-order valence-electron chi connectivity index (χ4n) is 2.63. The Hall–Kier alpha value is -2.00. The molecule has 3 nitrogen and oxygen atoms in total. The number of ether oxygens (including phenoxy) is 2. The summed E-state index contributed by atoms with van der Waals surface area (Å²) in [5.74, 6) is 1.85. The fraction of sp³-hybridized carbons (Fsp3) is 0.400. The quantitative estimate of drug-likeness (QED) is 0.772. The molecule has 2 aromatic rings. The zero-order valence-electron chi connectivity index (χ0n) is 14.4. The summed E-state index contributed by atoms with van der Waals surface area (Å²) in [6.07, 6.45) is 3.40. The van der Waals surface area contributed by atoms with E-state index in [4.69, 9.17) is 9.47 Å². The lowest BCUT2D eigenvalue weighted by Gasteiger charge is -2.11. The van der Waals surface area contributed by atoms with Gasteiger partial charge in [0.15, 0.2) is 0 Å². The molecule has 0 aromatic heterocycles. The number of quaternary nitrogens is 1. The molecule has 3 heteroatoms. The first-order valence-corrected chi connectivity index (χ1v) is 8.30. The maximum Gasteiger partial charge on any atom is 0.118 e. The number of aryl methyl sites for hydroxylation is 1. The second-order valence-electron chi connectivity index (χ2n) is 5.99. The molecule has 0 spiro atoms. The third kappa shape index (κ3) is 5.95. The number of nitrogens with two attached hydrogens (primary N) is 1. The van der Waals surface area contributed by atoms with Crippen LogP contribution in [0, 0.1) is 0 Å². The highest BCUT2D eigenvalue weighted by Crippen LogP contribution is 2.13. The van der Waals surface area contributed by atoms with Crippen molar-refractivity contribution in [1.29, 1.82) is 0 Å². The van der Waals surface area contributed by atoms with E-state index >= 15 is 0 Å². The van der Waals surface area contributed by atoms with E-state index in [1.54, 1.807) is 14.2 Å². The van der Waals surface area contributed by atoms with Gasteiger partial charge in [-0.2, -0.15) is 0 Å². The van der Waals surface area contributed by atoms with Gasteiger partial charge in [0.25, 0.3) is 0 Å². The van der Waals surface area contributed by atoms with Crippen molar-refractivity contribution < 1.29 is 14.8 Å². The average Bonchev–Trinajstić information content (AvgIpc) is 2.61. The van der Waals surface area contributed by atoms with Crippen LogP contribution in [0.2, 0.25) is 0 Å². The minimum absolute atomic E-state index is 0.635. The van der Waals surface area contributed by atoms with E-state index < -0.39 is 0 Å². The molecular formula is C20H28NO2+. The van der Waals surface area contributed by atoms with Crippen LogP contribution in [-0.4, -0.2) is 26.8 Å². The Morgan fingerprint density at radius 2 is 1.26 bits per heavy atom. The number of benzene rings is 2. The van der Waals surface area contributed by atoms with Crippen molar-refractivity contribution in [3.05, 3.63) is 59.7 Å². The second-order valence-corrected chi connectivity index (χ2v) is 5.99. The highest BCUT2D eigenvalue weighted by molar-refractivity contribution is 5.27. The number of hydrogen-bond acceptors (Lipinski definition) is 2. The molecular weight excluding hydrogens is 286 g/mol. The lowest BCUT2D eigenvalue weighted by Crippen LogP contribution is -2.89. The molecule has 0 aliphatic carbocycles.